The summed E-state index contributed by atoms with van der Waals surface area (Å²) < 4.78 is 45.0. The minimum absolute atomic E-state index is 0. The van der Waals surface area contributed by atoms with Crippen molar-refractivity contribution in [3.8, 4) is 0 Å². The van der Waals surface area contributed by atoms with Gasteiger partial charge in [-0.3, -0.25) is 0 Å². The molecule has 0 radical (unpaired) electrons. The number of hydrogen-bond donors (Lipinski definition) is 1. The third-order valence-corrected chi connectivity index (χ3v) is 5.67. The predicted molar refractivity (Wildman–Crippen MR) is 115 cm³/mol. The average molecular weight is 443 g/mol. The van der Waals surface area contributed by atoms with E-state index in [1.54, 1.807) is 0 Å². The molecule has 166 valence electrons. The number of ether oxygens (including phenoxy) is 1. The zero-order chi connectivity index (χ0) is 20.9. The highest BCUT2D eigenvalue weighted by molar-refractivity contribution is 5.85. The Hall–Kier alpha value is -1.60. The molecule has 0 spiro atoms. The first-order valence-corrected chi connectivity index (χ1v) is 10.1. The van der Waals surface area contributed by atoms with E-state index in [0.29, 0.717) is 31.3 Å². The fraction of sp³-hybridized carbons (Fsp3) is 0.478. The lowest BCUT2D eigenvalue weighted by Gasteiger charge is -2.50. The Kier molecular flexibility index (Phi) is 8.73. The van der Waals surface area contributed by atoms with Crippen LogP contribution in [0.2, 0.25) is 0 Å². The number of nitrogens with one attached hydrogen (secondary N) is 1. The molecule has 1 aliphatic heterocycles. The molecule has 1 N–H and O–H groups in total. The summed E-state index contributed by atoms with van der Waals surface area (Å²) in [6.07, 6.45) is -3.08. The van der Waals surface area contributed by atoms with Crippen LogP contribution in [-0.2, 0) is 17.0 Å². The van der Waals surface area contributed by atoms with E-state index < -0.39 is 18.5 Å². The molecule has 0 saturated carbocycles. The zero-order valence-corrected chi connectivity index (χ0v) is 18.2. The molecular formula is C23H30ClF3N2O. The smallest absolute Gasteiger partial charge is 0.345 e. The van der Waals surface area contributed by atoms with Gasteiger partial charge in [0, 0.05) is 13.1 Å². The quantitative estimate of drug-likeness (QED) is 0.576. The van der Waals surface area contributed by atoms with E-state index in [-0.39, 0.29) is 12.4 Å². The molecule has 1 aliphatic rings. The highest BCUT2D eigenvalue weighted by Gasteiger charge is 2.47. The Morgan fingerprint density at radius 2 is 1.67 bits per heavy atom. The summed E-state index contributed by atoms with van der Waals surface area (Å²) in [5.74, 6) is 0.817. The van der Waals surface area contributed by atoms with Crippen LogP contribution in [0.1, 0.15) is 37.8 Å². The summed E-state index contributed by atoms with van der Waals surface area (Å²) >= 11 is 0. The Labute approximate surface area is 183 Å². The second kappa shape index (κ2) is 10.6. The van der Waals surface area contributed by atoms with E-state index in [1.165, 1.54) is 0 Å². The molecule has 2 unspecified atom stereocenters. The average Bonchev–Trinajstić information content (AvgIpc) is 2.71. The summed E-state index contributed by atoms with van der Waals surface area (Å²) in [4.78, 5) is 0. The van der Waals surface area contributed by atoms with Gasteiger partial charge >= 0.3 is 6.18 Å². The van der Waals surface area contributed by atoms with Gasteiger partial charge in [0.25, 0.3) is 0 Å². The topological polar surface area (TPSA) is 24.5 Å². The second-order valence-corrected chi connectivity index (χ2v) is 8.03. The van der Waals surface area contributed by atoms with Crippen LogP contribution >= 0.6 is 12.4 Å². The standard InChI is InChI=1S/C23H29F3N2O.ClH/c1-18(2)20-13-14-22(29-17-23(24,25)26,21-11-7-4-8-12-21)28(16-20)27-15-19-9-5-3-6-10-19;/h3-12,18,20,27H,13-17H2,1-2H3;1H. The van der Waals surface area contributed by atoms with Gasteiger partial charge < -0.3 is 4.74 Å². The molecule has 1 heterocycles. The van der Waals surface area contributed by atoms with Gasteiger partial charge in [-0.25, -0.2) is 10.4 Å². The molecule has 1 saturated heterocycles. The Morgan fingerprint density at radius 3 is 2.23 bits per heavy atom. The van der Waals surface area contributed by atoms with Crippen molar-refractivity contribution in [2.75, 3.05) is 13.2 Å². The largest absolute Gasteiger partial charge is 0.411 e. The first kappa shape index (κ1) is 24.7. The van der Waals surface area contributed by atoms with Crippen LogP contribution in [0.25, 0.3) is 0 Å². The van der Waals surface area contributed by atoms with Gasteiger partial charge in [0.15, 0.2) is 5.72 Å². The van der Waals surface area contributed by atoms with Crippen LogP contribution in [0.5, 0.6) is 0 Å². The lowest BCUT2D eigenvalue weighted by atomic mass is 9.81. The maximum atomic E-state index is 13.1. The highest BCUT2D eigenvalue weighted by Crippen LogP contribution is 2.42. The molecule has 7 heteroatoms. The molecule has 2 aromatic rings. The first-order chi connectivity index (χ1) is 13.8. The van der Waals surface area contributed by atoms with Crippen molar-refractivity contribution < 1.29 is 17.9 Å². The van der Waals surface area contributed by atoms with E-state index in [2.05, 4.69) is 19.3 Å². The molecule has 0 aromatic heterocycles. The lowest BCUT2D eigenvalue weighted by Crippen LogP contribution is -2.60. The summed E-state index contributed by atoms with van der Waals surface area (Å²) in [7, 11) is 0. The molecule has 2 atom stereocenters. The van der Waals surface area contributed by atoms with Crippen LogP contribution in [0.4, 0.5) is 13.2 Å². The molecule has 0 bridgehead atoms. The fourth-order valence-electron chi connectivity index (χ4n) is 3.94. The summed E-state index contributed by atoms with van der Waals surface area (Å²) in [6.45, 7) is 4.18. The highest BCUT2D eigenvalue weighted by atomic mass is 35.5. The van der Waals surface area contributed by atoms with Crippen molar-refractivity contribution in [3.05, 3.63) is 71.8 Å². The number of hydrogen-bond acceptors (Lipinski definition) is 3. The van der Waals surface area contributed by atoms with Crippen molar-refractivity contribution in [2.24, 2.45) is 11.8 Å². The van der Waals surface area contributed by atoms with Gasteiger partial charge in [0.2, 0.25) is 0 Å². The third kappa shape index (κ3) is 6.20. The van der Waals surface area contributed by atoms with Crippen molar-refractivity contribution in [1.82, 2.24) is 10.4 Å². The summed E-state index contributed by atoms with van der Waals surface area (Å²) in [5.41, 5.74) is 4.04. The van der Waals surface area contributed by atoms with Gasteiger partial charge in [0.05, 0.1) is 0 Å². The van der Waals surface area contributed by atoms with Gasteiger partial charge in [-0.15, -0.1) is 12.4 Å². The Balaban J connectivity index is 0.00000320. The van der Waals surface area contributed by atoms with Crippen LogP contribution in [0, 0.1) is 11.8 Å². The first-order valence-electron chi connectivity index (χ1n) is 10.1. The molecular weight excluding hydrogens is 413 g/mol. The van der Waals surface area contributed by atoms with Crippen LogP contribution in [0.15, 0.2) is 60.7 Å². The fourth-order valence-corrected chi connectivity index (χ4v) is 3.94. The normalized spacial score (nSPS) is 22.7. The molecule has 0 amide bonds. The van der Waals surface area contributed by atoms with Gasteiger partial charge in [-0.2, -0.15) is 13.2 Å². The minimum atomic E-state index is -4.39. The minimum Gasteiger partial charge on any atom is -0.345 e. The van der Waals surface area contributed by atoms with Gasteiger partial charge in [-0.05, 0) is 35.8 Å². The number of piperidine rings is 1. The van der Waals surface area contributed by atoms with Crippen LogP contribution in [0.3, 0.4) is 0 Å². The molecule has 3 rings (SSSR count). The molecule has 1 fully saturated rings. The van der Waals surface area contributed by atoms with Crippen molar-refractivity contribution >= 4 is 12.4 Å². The second-order valence-electron chi connectivity index (χ2n) is 8.03. The maximum absolute atomic E-state index is 13.1. The Bertz CT molecular complexity index is 758. The van der Waals surface area contributed by atoms with E-state index in [1.807, 2.05) is 65.7 Å². The Morgan fingerprint density at radius 1 is 1.07 bits per heavy atom. The monoisotopic (exact) mass is 442 g/mol. The molecule has 0 aliphatic carbocycles. The summed E-state index contributed by atoms with van der Waals surface area (Å²) in [6, 6.07) is 19.1. The van der Waals surface area contributed by atoms with E-state index >= 15 is 0 Å². The number of benzene rings is 2. The van der Waals surface area contributed by atoms with Gasteiger partial charge in [-0.1, -0.05) is 74.5 Å². The van der Waals surface area contributed by atoms with Crippen molar-refractivity contribution in [3.63, 3.8) is 0 Å². The molecule has 3 nitrogen and oxygen atoms in total. The third-order valence-electron chi connectivity index (χ3n) is 5.67. The lowest BCUT2D eigenvalue weighted by molar-refractivity contribution is -0.270. The number of nitrogens with zero attached hydrogens (tertiary/aromatic N) is 1. The number of hydrazine groups is 1. The van der Waals surface area contributed by atoms with Gasteiger partial charge in [0.1, 0.15) is 6.61 Å². The summed E-state index contributed by atoms with van der Waals surface area (Å²) in [5, 5.41) is 1.90. The molecule has 2 aromatic carbocycles. The maximum Gasteiger partial charge on any atom is 0.411 e. The zero-order valence-electron chi connectivity index (χ0n) is 17.4. The number of rotatable bonds is 7. The van der Waals surface area contributed by atoms with Crippen molar-refractivity contribution in [2.45, 2.75) is 45.1 Å². The predicted octanol–water partition coefficient (Wildman–Crippen LogP) is 5.91. The van der Waals surface area contributed by atoms with Crippen molar-refractivity contribution in [1.29, 1.82) is 0 Å². The van der Waals surface area contributed by atoms with Crippen LogP contribution in [-0.4, -0.2) is 24.3 Å². The molecule has 30 heavy (non-hydrogen) atoms. The van der Waals surface area contributed by atoms with Crippen LogP contribution < -0.4 is 5.43 Å². The number of halogens is 4. The van der Waals surface area contributed by atoms with E-state index in [9.17, 15) is 13.2 Å². The number of alkyl halides is 3. The van der Waals surface area contributed by atoms with E-state index in [0.717, 1.165) is 17.5 Å². The SMILES string of the molecule is CC(C)C1CCC(OCC(F)(F)F)(c2ccccc2)N(NCc2ccccc2)C1.Cl. The van der Waals surface area contributed by atoms with E-state index in [4.69, 9.17) is 4.74 Å².